The van der Waals surface area contributed by atoms with E-state index in [4.69, 9.17) is 5.53 Å². The largest absolute Gasteiger partial charge is 0.204 e. The molecule has 0 heterocycles. The van der Waals surface area contributed by atoms with Crippen molar-refractivity contribution in [2.75, 3.05) is 0 Å². The SMILES string of the molecule is CC(C)c1cccc(C(C)C)c1N=N. The van der Waals surface area contributed by atoms with Crippen molar-refractivity contribution in [2.45, 2.75) is 39.5 Å². The predicted molar refractivity (Wildman–Crippen MR) is 59.4 cm³/mol. The monoisotopic (exact) mass is 190 g/mol. The average Bonchev–Trinajstić information content (AvgIpc) is 2.16. The molecule has 0 unspecified atom stereocenters. The highest BCUT2D eigenvalue weighted by Crippen LogP contribution is 2.34. The van der Waals surface area contributed by atoms with E-state index in [2.05, 4.69) is 51.0 Å². The van der Waals surface area contributed by atoms with Crippen molar-refractivity contribution in [1.82, 2.24) is 0 Å². The zero-order valence-corrected chi connectivity index (χ0v) is 9.33. The molecular formula is C12H18N2. The van der Waals surface area contributed by atoms with Gasteiger partial charge in [-0.15, -0.1) is 0 Å². The molecule has 0 saturated carbocycles. The number of rotatable bonds is 3. The molecule has 1 aromatic rings. The molecule has 0 fully saturated rings. The molecule has 0 bridgehead atoms. The molecule has 1 rings (SSSR count). The highest BCUT2D eigenvalue weighted by molar-refractivity contribution is 5.54. The summed E-state index contributed by atoms with van der Waals surface area (Å²) in [4.78, 5) is 0. The molecule has 14 heavy (non-hydrogen) atoms. The van der Waals surface area contributed by atoms with Crippen LogP contribution in [0.2, 0.25) is 0 Å². The zero-order chi connectivity index (χ0) is 10.7. The summed E-state index contributed by atoms with van der Waals surface area (Å²) in [7, 11) is 0. The van der Waals surface area contributed by atoms with Gasteiger partial charge in [0.25, 0.3) is 0 Å². The minimum absolute atomic E-state index is 0.429. The molecular weight excluding hydrogens is 172 g/mol. The Hall–Kier alpha value is -1.18. The van der Waals surface area contributed by atoms with Crippen LogP contribution in [0, 0.1) is 5.53 Å². The van der Waals surface area contributed by atoms with Gasteiger partial charge in [-0.25, -0.2) is 5.53 Å². The topological polar surface area (TPSA) is 36.2 Å². The van der Waals surface area contributed by atoms with Crippen molar-refractivity contribution in [2.24, 2.45) is 5.11 Å². The highest BCUT2D eigenvalue weighted by atomic mass is 15.0. The summed E-state index contributed by atoms with van der Waals surface area (Å²) in [6.45, 7) is 8.53. The molecule has 0 aromatic heterocycles. The minimum Gasteiger partial charge on any atom is -0.204 e. The molecule has 0 aliphatic rings. The highest BCUT2D eigenvalue weighted by Gasteiger charge is 2.12. The van der Waals surface area contributed by atoms with E-state index in [1.165, 1.54) is 11.1 Å². The zero-order valence-electron chi connectivity index (χ0n) is 9.33. The molecule has 0 saturated heterocycles. The molecule has 0 spiro atoms. The van der Waals surface area contributed by atoms with Crippen LogP contribution in [0.25, 0.3) is 0 Å². The van der Waals surface area contributed by atoms with Gasteiger partial charge in [0.15, 0.2) is 0 Å². The van der Waals surface area contributed by atoms with E-state index in [9.17, 15) is 0 Å². The van der Waals surface area contributed by atoms with Crippen LogP contribution in [0.1, 0.15) is 50.7 Å². The van der Waals surface area contributed by atoms with Crippen LogP contribution in [0.5, 0.6) is 0 Å². The summed E-state index contributed by atoms with van der Waals surface area (Å²) in [5, 5.41) is 3.66. The van der Waals surface area contributed by atoms with Crippen LogP contribution < -0.4 is 0 Å². The Balaban J connectivity index is 3.32. The summed E-state index contributed by atoms with van der Waals surface area (Å²) in [6, 6.07) is 6.17. The molecule has 2 heteroatoms. The van der Waals surface area contributed by atoms with Gasteiger partial charge in [-0.2, -0.15) is 5.11 Å². The van der Waals surface area contributed by atoms with Gasteiger partial charge in [0.05, 0.1) is 5.69 Å². The van der Waals surface area contributed by atoms with E-state index in [-0.39, 0.29) is 0 Å². The second kappa shape index (κ2) is 4.36. The molecule has 0 amide bonds. The third-order valence-electron chi connectivity index (χ3n) is 2.45. The van der Waals surface area contributed by atoms with Crippen molar-refractivity contribution < 1.29 is 0 Å². The Kier molecular flexibility index (Phi) is 3.39. The van der Waals surface area contributed by atoms with Crippen LogP contribution in [-0.4, -0.2) is 0 Å². The van der Waals surface area contributed by atoms with Crippen molar-refractivity contribution in [3.05, 3.63) is 29.3 Å². The summed E-state index contributed by atoms with van der Waals surface area (Å²) in [5.74, 6) is 0.857. The second-order valence-corrected chi connectivity index (χ2v) is 4.21. The fourth-order valence-corrected chi connectivity index (χ4v) is 1.64. The van der Waals surface area contributed by atoms with Crippen LogP contribution in [0.4, 0.5) is 5.69 Å². The van der Waals surface area contributed by atoms with E-state index >= 15 is 0 Å². The lowest BCUT2D eigenvalue weighted by molar-refractivity contribution is 0.826. The molecule has 76 valence electrons. The van der Waals surface area contributed by atoms with E-state index in [0.29, 0.717) is 11.8 Å². The van der Waals surface area contributed by atoms with E-state index in [1.54, 1.807) is 0 Å². The summed E-state index contributed by atoms with van der Waals surface area (Å²) < 4.78 is 0. The molecule has 2 nitrogen and oxygen atoms in total. The van der Waals surface area contributed by atoms with E-state index in [1.807, 2.05) is 0 Å². The molecule has 0 aliphatic carbocycles. The third-order valence-corrected chi connectivity index (χ3v) is 2.45. The second-order valence-electron chi connectivity index (χ2n) is 4.21. The quantitative estimate of drug-likeness (QED) is 0.676. The molecule has 0 aliphatic heterocycles. The lowest BCUT2D eigenvalue weighted by atomic mass is 9.93. The fourth-order valence-electron chi connectivity index (χ4n) is 1.64. The van der Waals surface area contributed by atoms with Crippen molar-refractivity contribution >= 4 is 5.69 Å². The van der Waals surface area contributed by atoms with Crippen LogP contribution in [-0.2, 0) is 0 Å². The number of hydrogen-bond acceptors (Lipinski definition) is 2. The van der Waals surface area contributed by atoms with E-state index < -0.39 is 0 Å². The standard InChI is InChI=1S/C12H18N2/c1-8(2)10-6-5-7-11(9(3)4)12(10)14-13/h5-9,13H,1-4H3. The van der Waals surface area contributed by atoms with Gasteiger partial charge in [0.2, 0.25) is 0 Å². The smallest absolute Gasteiger partial charge is 0.0919 e. The first-order chi connectivity index (χ1) is 6.57. The first-order valence-electron chi connectivity index (χ1n) is 5.08. The van der Waals surface area contributed by atoms with Gasteiger partial charge >= 0.3 is 0 Å². The molecule has 0 atom stereocenters. The number of nitrogens with zero attached hydrogens (tertiary/aromatic N) is 1. The van der Waals surface area contributed by atoms with Gasteiger partial charge < -0.3 is 0 Å². The van der Waals surface area contributed by atoms with Gasteiger partial charge in [-0.05, 0) is 23.0 Å². The summed E-state index contributed by atoms with van der Waals surface area (Å²) in [6.07, 6.45) is 0. The number of para-hydroxylation sites is 1. The Bertz CT molecular complexity index is 301. The van der Waals surface area contributed by atoms with Gasteiger partial charge in [0.1, 0.15) is 0 Å². The molecule has 0 radical (unpaired) electrons. The Labute approximate surface area is 85.9 Å². The third kappa shape index (κ3) is 2.00. The lowest BCUT2D eigenvalue weighted by Gasteiger charge is -2.14. The van der Waals surface area contributed by atoms with Crippen molar-refractivity contribution in [3.63, 3.8) is 0 Å². The van der Waals surface area contributed by atoms with Crippen LogP contribution >= 0.6 is 0 Å². The maximum Gasteiger partial charge on any atom is 0.0919 e. The Morgan fingerprint density at radius 2 is 1.43 bits per heavy atom. The number of nitrogens with one attached hydrogen (secondary N) is 1. The minimum atomic E-state index is 0.429. The fraction of sp³-hybridized carbons (Fsp3) is 0.500. The average molecular weight is 190 g/mol. The maximum atomic E-state index is 7.24. The van der Waals surface area contributed by atoms with Gasteiger partial charge in [0, 0.05) is 0 Å². The first kappa shape index (κ1) is 10.9. The van der Waals surface area contributed by atoms with Gasteiger partial charge in [-0.1, -0.05) is 45.9 Å². The Morgan fingerprint density at radius 3 is 1.71 bits per heavy atom. The number of benzene rings is 1. The van der Waals surface area contributed by atoms with Crippen molar-refractivity contribution in [1.29, 1.82) is 5.53 Å². The number of hydrogen-bond donors (Lipinski definition) is 1. The lowest BCUT2D eigenvalue weighted by Crippen LogP contribution is -1.94. The van der Waals surface area contributed by atoms with Crippen LogP contribution in [0.15, 0.2) is 23.3 Å². The van der Waals surface area contributed by atoms with Crippen LogP contribution in [0.3, 0.4) is 0 Å². The summed E-state index contributed by atoms with van der Waals surface area (Å²) in [5.41, 5.74) is 10.4. The molecule has 1 N–H and O–H groups in total. The first-order valence-corrected chi connectivity index (χ1v) is 5.08. The Morgan fingerprint density at radius 1 is 1.00 bits per heavy atom. The van der Waals surface area contributed by atoms with E-state index in [0.717, 1.165) is 5.69 Å². The van der Waals surface area contributed by atoms with Gasteiger partial charge in [-0.3, -0.25) is 0 Å². The van der Waals surface area contributed by atoms with Crippen molar-refractivity contribution in [3.8, 4) is 0 Å². The molecule has 1 aromatic carbocycles. The normalized spacial score (nSPS) is 11.0. The maximum absolute atomic E-state index is 7.24. The summed E-state index contributed by atoms with van der Waals surface area (Å²) >= 11 is 0. The predicted octanol–water partition coefficient (Wildman–Crippen LogP) is 4.60.